The summed E-state index contributed by atoms with van der Waals surface area (Å²) in [5.41, 5.74) is 0. The summed E-state index contributed by atoms with van der Waals surface area (Å²) < 4.78 is 13.3. The van der Waals surface area contributed by atoms with Crippen LogP contribution in [0.5, 0.6) is 0 Å². The summed E-state index contributed by atoms with van der Waals surface area (Å²) in [5.74, 6) is 0. The minimum Gasteiger partial charge on any atom is -0.468 e. The van der Waals surface area contributed by atoms with Crippen LogP contribution in [-0.4, -0.2) is 61.8 Å². The molecule has 0 rings (SSSR count). The molecular weight excluding hydrogens is 256 g/mol. The van der Waals surface area contributed by atoms with Gasteiger partial charge in [0.15, 0.2) is 0 Å². The Morgan fingerprint density at radius 3 is 1.63 bits per heavy atom. The van der Waals surface area contributed by atoms with Crippen molar-refractivity contribution >= 4 is 12.9 Å². The van der Waals surface area contributed by atoms with Crippen molar-refractivity contribution in [3.8, 4) is 0 Å². The Bertz CT molecular complexity index is 163. The van der Waals surface area contributed by atoms with E-state index >= 15 is 0 Å². The van der Waals surface area contributed by atoms with Crippen LogP contribution in [0.2, 0.25) is 0 Å². The van der Waals surface area contributed by atoms with Crippen LogP contribution in [0.3, 0.4) is 0 Å². The third-order valence-corrected chi connectivity index (χ3v) is 1.35. The maximum absolute atomic E-state index is 9.18. The predicted octanol–water partition coefficient (Wildman–Crippen LogP) is 0.123. The number of carbonyl (C=O) groups is 2. The minimum absolute atomic E-state index is 0.00667. The Morgan fingerprint density at radius 1 is 1.05 bits per heavy atom. The van der Waals surface area contributed by atoms with E-state index in [1.54, 1.807) is 27.7 Å². The lowest BCUT2D eigenvalue weighted by molar-refractivity contribution is -0.129. The zero-order valence-corrected chi connectivity index (χ0v) is 12.1. The lowest BCUT2D eigenvalue weighted by Crippen LogP contribution is -2.19. The third-order valence-electron chi connectivity index (χ3n) is 1.35. The van der Waals surface area contributed by atoms with Gasteiger partial charge < -0.3 is 24.4 Å². The minimum atomic E-state index is -0.445. The second-order valence-electron chi connectivity index (χ2n) is 3.28. The Hall–Kier alpha value is -1.18. The smallest absolute Gasteiger partial charge is 0.293 e. The molecule has 0 fully saturated rings. The molecule has 7 nitrogen and oxygen atoms in total. The quantitative estimate of drug-likeness (QED) is 0.610. The monoisotopic (exact) mass is 282 g/mol. The SMILES string of the molecule is CC(O)COC(C)CO.CCOC=O.CCOC=O. The van der Waals surface area contributed by atoms with Crippen LogP contribution in [0.1, 0.15) is 27.7 Å². The molecule has 0 aromatic heterocycles. The van der Waals surface area contributed by atoms with Gasteiger partial charge in [-0.15, -0.1) is 0 Å². The van der Waals surface area contributed by atoms with Crippen molar-refractivity contribution in [2.75, 3.05) is 26.4 Å². The molecule has 2 unspecified atom stereocenters. The van der Waals surface area contributed by atoms with E-state index in [1.165, 1.54) is 0 Å². The Labute approximate surface area is 114 Å². The first kappa shape index (κ1) is 23.0. The lowest BCUT2D eigenvalue weighted by Gasteiger charge is -2.10. The summed E-state index contributed by atoms with van der Waals surface area (Å²) in [6, 6.07) is 0. The molecular formula is C12H26O7. The average Bonchev–Trinajstić information content (AvgIpc) is 2.39. The van der Waals surface area contributed by atoms with E-state index in [4.69, 9.17) is 14.9 Å². The maximum atomic E-state index is 9.18. The number of ether oxygens (including phenoxy) is 3. The highest BCUT2D eigenvalue weighted by Crippen LogP contribution is 1.90. The van der Waals surface area contributed by atoms with E-state index in [-0.39, 0.29) is 12.7 Å². The van der Waals surface area contributed by atoms with Gasteiger partial charge in [0.1, 0.15) is 0 Å². The summed E-state index contributed by atoms with van der Waals surface area (Å²) in [7, 11) is 0. The number of rotatable bonds is 8. The highest BCUT2D eigenvalue weighted by Gasteiger charge is 2.00. The number of aliphatic hydroxyl groups excluding tert-OH is 2. The van der Waals surface area contributed by atoms with Crippen molar-refractivity contribution in [1.29, 1.82) is 0 Å². The summed E-state index contributed by atoms with van der Waals surface area (Å²) in [4.78, 5) is 18.4. The van der Waals surface area contributed by atoms with E-state index < -0.39 is 6.10 Å². The molecule has 0 aromatic rings. The van der Waals surface area contributed by atoms with Gasteiger partial charge in [-0.25, -0.2) is 0 Å². The molecule has 0 bridgehead atoms. The number of hydrogen-bond acceptors (Lipinski definition) is 7. The second kappa shape index (κ2) is 22.0. The van der Waals surface area contributed by atoms with Crippen molar-refractivity contribution < 1.29 is 34.0 Å². The fraction of sp³-hybridized carbons (Fsp3) is 0.833. The zero-order valence-electron chi connectivity index (χ0n) is 12.1. The Kier molecular flexibility index (Phi) is 26.6. The molecule has 0 aliphatic heterocycles. The van der Waals surface area contributed by atoms with Gasteiger partial charge in [0.25, 0.3) is 12.9 Å². The van der Waals surface area contributed by atoms with Crippen molar-refractivity contribution in [3.05, 3.63) is 0 Å². The molecule has 0 spiro atoms. The van der Waals surface area contributed by atoms with Crippen LogP contribution in [0.25, 0.3) is 0 Å². The van der Waals surface area contributed by atoms with Gasteiger partial charge in [-0.3, -0.25) is 9.59 Å². The van der Waals surface area contributed by atoms with Crippen molar-refractivity contribution in [3.63, 3.8) is 0 Å². The van der Waals surface area contributed by atoms with E-state index in [0.29, 0.717) is 32.8 Å². The first-order valence-corrected chi connectivity index (χ1v) is 6.00. The van der Waals surface area contributed by atoms with Gasteiger partial charge in [0.2, 0.25) is 0 Å². The van der Waals surface area contributed by atoms with Gasteiger partial charge in [0, 0.05) is 0 Å². The molecule has 0 radical (unpaired) electrons. The van der Waals surface area contributed by atoms with Crippen LogP contribution in [0, 0.1) is 0 Å². The second-order valence-corrected chi connectivity index (χ2v) is 3.28. The molecule has 0 saturated heterocycles. The van der Waals surface area contributed by atoms with Crippen LogP contribution < -0.4 is 0 Å². The normalized spacial score (nSPS) is 11.7. The first-order valence-electron chi connectivity index (χ1n) is 6.00. The molecule has 19 heavy (non-hydrogen) atoms. The van der Waals surface area contributed by atoms with Gasteiger partial charge >= 0.3 is 0 Å². The highest BCUT2D eigenvalue weighted by atomic mass is 16.5. The molecule has 0 aliphatic carbocycles. The van der Waals surface area contributed by atoms with Gasteiger partial charge in [0.05, 0.1) is 38.6 Å². The lowest BCUT2D eigenvalue weighted by atomic mass is 10.4. The summed E-state index contributed by atoms with van der Waals surface area (Å²) in [6.45, 7) is 9.02. The summed E-state index contributed by atoms with van der Waals surface area (Å²) in [5, 5.41) is 17.1. The molecule has 2 atom stereocenters. The summed E-state index contributed by atoms with van der Waals surface area (Å²) in [6.07, 6.45) is -0.612. The van der Waals surface area contributed by atoms with Crippen LogP contribution in [0.15, 0.2) is 0 Å². The molecule has 2 N–H and O–H groups in total. The molecule has 0 amide bonds. The van der Waals surface area contributed by atoms with Crippen molar-refractivity contribution in [2.45, 2.75) is 39.9 Å². The molecule has 116 valence electrons. The molecule has 0 saturated carbocycles. The van der Waals surface area contributed by atoms with Crippen LogP contribution in [0.4, 0.5) is 0 Å². The number of aliphatic hydroxyl groups is 2. The summed E-state index contributed by atoms with van der Waals surface area (Å²) >= 11 is 0. The fourth-order valence-electron chi connectivity index (χ4n) is 0.492. The topological polar surface area (TPSA) is 102 Å². The van der Waals surface area contributed by atoms with Gasteiger partial charge in [-0.2, -0.15) is 0 Å². The number of hydrogen-bond donors (Lipinski definition) is 2. The zero-order chi connectivity index (χ0) is 15.5. The van der Waals surface area contributed by atoms with Crippen LogP contribution >= 0.6 is 0 Å². The highest BCUT2D eigenvalue weighted by molar-refractivity contribution is 5.36. The van der Waals surface area contributed by atoms with Gasteiger partial charge in [-0.05, 0) is 27.7 Å². The standard InChI is InChI=1S/C6H14O3.2C3H6O2/c1-5(8)4-9-6(2)3-7;2*1-2-5-3-4/h5-8H,3-4H2,1-2H3;2*3H,2H2,1H3. The van der Waals surface area contributed by atoms with Crippen LogP contribution in [-0.2, 0) is 23.8 Å². The van der Waals surface area contributed by atoms with Gasteiger partial charge in [-0.1, -0.05) is 0 Å². The van der Waals surface area contributed by atoms with E-state index in [9.17, 15) is 9.59 Å². The number of carbonyl (C=O) groups excluding carboxylic acids is 2. The van der Waals surface area contributed by atoms with Crippen molar-refractivity contribution in [2.24, 2.45) is 0 Å². The molecule has 0 aliphatic rings. The molecule has 7 heteroatoms. The third kappa shape index (κ3) is 38.3. The average molecular weight is 282 g/mol. The Morgan fingerprint density at radius 2 is 1.47 bits per heavy atom. The van der Waals surface area contributed by atoms with E-state index in [1.807, 2.05) is 0 Å². The predicted molar refractivity (Wildman–Crippen MR) is 69.6 cm³/mol. The van der Waals surface area contributed by atoms with E-state index in [2.05, 4.69) is 9.47 Å². The molecule has 0 aromatic carbocycles. The van der Waals surface area contributed by atoms with Crippen molar-refractivity contribution in [1.82, 2.24) is 0 Å². The first-order chi connectivity index (χ1) is 8.99. The fourth-order valence-corrected chi connectivity index (χ4v) is 0.492. The largest absolute Gasteiger partial charge is 0.468 e. The Balaban J connectivity index is -0.000000219. The maximum Gasteiger partial charge on any atom is 0.293 e. The van der Waals surface area contributed by atoms with E-state index in [0.717, 1.165) is 0 Å². The molecule has 0 heterocycles.